The molecule has 0 unspecified atom stereocenters. The van der Waals surface area contributed by atoms with E-state index < -0.39 is 5.97 Å². The zero-order chi connectivity index (χ0) is 16.8. The number of nitrogens with one attached hydrogen (secondary N) is 1. The van der Waals surface area contributed by atoms with E-state index in [2.05, 4.69) is 5.32 Å². The molecule has 2 N–H and O–H groups in total. The predicted molar refractivity (Wildman–Crippen MR) is 91.4 cm³/mol. The number of carbonyl (C=O) groups is 2. The van der Waals surface area contributed by atoms with E-state index in [0.29, 0.717) is 34.1 Å². The molecule has 6 heteroatoms. The number of rotatable bonds is 6. The number of halogens is 2. The van der Waals surface area contributed by atoms with Crippen LogP contribution in [0.15, 0.2) is 42.5 Å². The Morgan fingerprint density at radius 3 is 2.39 bits per heavy atom. The van der Waals surface area contributed by atoms with Gasteiger partial charge in [-0.25, -0.2) is 0 Å². The Morgan fingerprint density at radius 2 is 1.74 bits per heavy atom. The topological polar surface area (TPSA) is 66.4 Å². The van der Waals surface area contributed by atoms with Crippen molar-refractivity contribution in [2.24, 2.45) is 0 Å². The van der Waals surface area contributed by atoms with E-state index in [9.17, 15) is 9.59 Å². The normalized spacial score (nSPS) is 10.3. The van der Waals surface area contributed by atoms with Gasteiger partial charge in [0.05, 0.1) is 10.6 Å². The predicted octanol–water partition coefficient (Wildman–Crippen LogP) is 4.65. The minimum atomic E-state index is -0.799. The molecule has 4 nitrogen and oxygen atoms in total. The molecule has 0 heterocycles. The van der Waals surface area contributed by atoms with Gasteiger partial charge in [0.1, 0.15) is 0 Å². The Morgan fingerprint density at radius 1 is 1.04 bits per heavy atom. The summed E-state index contributed by atoms with van der Waals surface area (Å²) >= 11 is 11.9. The second kappa shape index (κ2) is 7.99. The van der Waals surface area contributed by atoms with Gasteiger partial charge in [0.2, 0.25) is 0 Å². The lowest BCUT2D eigenvalue weighted by atomic mass is 10.1. The summed E-state index contributed by atoms with van der Waals surface area (Å²) in [6.45, 7) is 0. The van der Waals surface area contributed by atoms with Crippen molar-refractivity contribution < 1.29 is 14.7 Å². The number of carboxylic acid groups (broad SMARTS) is 1. The number of hydrogen-bond donors (Lipinski definition) is 2. The molecule has 2 aromatic carbocycles. The van der Waals surface area contributed by atoms with Crippen LogP contribution in [0.1, 0.15) is 28.8 Å². The molecule has 0 aliphatic heterocycles. The number of carbonyl (C=O) groups excluding carboxylic acids is 1. The van der Waals surface area contributed by atoms with Crippen LogP contribution in [-0.4, -0.2) is 17.0 Å². The monoisotopic (exact) mass is 351 g/mol. The van der Waals surface area contributed by atoms with Gasteiger partial charge in [0.15, 0.2) is 0 Å². The van der Waals surface area contributed by atoms with Gasteiger partial charge >= 0.3 is 5.97 Å². The van der Waals surface area contributed by atoms with Crippen molar-refractivity contribution in [1.82, 2.24) is 0 Å². The Hall–Kier alpha value is -2.04. The zero-order valence-corrected chi connectivity index (χ0v) is 13.7. The summed E-state index contributed by atoms with van der Waals surface area (Å²) < 4.78 is 0. The Kier molecular flexibility index (Phi) is 6.02. The van der Waals surface area contributed by atoms with Crippen LogP contribution in [0.25, 0.3) is 0 Å². The van der Waals surface area contributed by atoms with Crippen molar-refractivity contribution in [3.63, 3.8) is 0 Å². The maximum Gasteiger partial charge on any atom is 0.303 e. The first-order chi connectivity index (χ1) is 11.0. The number of carboxylic acids is 1. The van der Waals surface area contributed by atoms with E-state index in [-0.39, 0.29) is 12.3 Å². The molecule has 0 aliphatic rings. The van der Waals surface area contributed by atoms with E-state index in [1.165, 1.54) is 6.07 Å². The van der Waals surface area contributed by atoms with Crippen molar-refractivity contribution >= 4 is 40.8 Å². The fourth-order valence-corrected chi connectivity index (χ4v) is 2.44. The van der Waals surface area contributed by atoms with E-state index in [1.807, 2.05) is 12.1 Å². The first-order valence-corrected chi connectivity index (χ1v) is 7.78. The van der Waals surface area contributed by atoms with Gasteiger partial charge in [0.25, 0.3) is 5.91 Å². The van der Waals surface area contributed by atoms with Gasteiger partial charge in [-0.05, 0) is 48.7 Å². The first-order valence-electron chi connectivity index (χ1n) is 7.03. The van der Waals surface area contributed by atoms with Crippen LogP contribution in [0.5, 0.6) is 0 Å². The van der Waals surface area contributed by atoms with Crippen molar-refractivity contribution in [3.05, 3.63) is 63.6 Å². The molecule has 0 fully saturated rings. The molecule has 2 aromatic rings. The SMILES string of the molecule is O=C(O)CCCc1ccc(NC(=O)c2cc(Cl)ccc2Cl)cc1. The fraction of sp³-hybridized carbons (Fsp3) is 0.176. The molecular weight excluding hydrogens is 337 g/mol. The summed E-state index contributed by atoms with van der Waals surface area (Å²) in [5.41, 5.74) is 1.96. The first kappa shape index (κ1) is 17.3. The molecule has 0 saturated carbocycles. The largest absolute Gasteiger partial charge is 0.481 e. The van der Waals surface area contributed by atoms with Gasteiger partial charge in [-0.1, -0.05) is 35.3 Å². The highest BCUT2D eigenvalue weighted by atomic mass is 35.5. The highest BCUT2D eigenvalue weighted by Crippen LogP contribution is 2.22. The van der Waals surface area contributed by atoms with Crippen LogP contribution in [0.2, 0.25) is 10.0 Å². The lowest BCUT2D eigenvalue weighted by molar-refractivity contribution is -0.137. The van der Waals surface area contributed by atoms with Crippen LogP contribution in [0.4, 0.5) is 5.69 Å². The second-order valence-electron chi connectivity index (χ2n) is 5.02. The maximum atomic E-state index is 12.2. The standard InChI is InChI=1S/C17H15Cl2NO3/c18-12-6-9-15(19)14(10-12)17(23)20-13-7-4-11(5-8-13)2-1-3-16(21)22/h4-10H,1-3H2,(H,20,23)(H,21,22). The van der Waals surface area contributed by atoms with Crippen LogP contribution >= 0.6 is 23.2 Å². The van der Waals surface area contributed by atoms with Gasteiger partial charge in [-0.15, -0.1) is 0 Å². The summed E-state index contributed by atoms with van der Waals surface area (Å²) in [5, 5.41) is 12.1. The number of aliphatic carboxylic acids is 1. The smallest absolute Gasteiger partial charge is 0.303 e. The van der Waals surface area contributed by atoms with Gasteiger partial charge < -0.3 is 10.4 Å². The summed E-state index contributed by atoms with van der Waals surface area (Å²) in [4.78, 5) is 22.7. The van der Waals surface area contributed by atoms with Crippen LogP contribution < -0.4 is 5.32 Å². The summed E-state index contributed by atoms with van der Waals surface area (Å²) in [7, 11) is 0. The average molecular weight is 352 g/mol. The Bertz CT molecular complexity index is 714. The molecule has 0 aliphatic carbocycles. The average Bonchev–Trinajstić information content (AvgIpc) is 2.51. The molecule has 120 valence electrons. The van der Waals surface area contributed by atoms with E-state index in [0.717, 1.165) is 5.56 Å². The zero-order valence-electron chi connectivity index (χ0n) is 12.2. The van der Waals surface area contributed by atoms with Crippen LogP contribution in [0, 0.1) is 0 Å². The Labute approximate surface area is 144 Å². The van der Waals surface area contributed by atoms with Crippen LogP contribution in [-0.2, 0) is 11.2 Å². The maximum absolute atomic E-state index is 12.2. The summed E-state index contributed by atoms with van der Waals surface area (Å²) in [5.74, 6) is -1.14. The lowest BCUT2D eigenvalue weighted by Crippen LogP contribution is -2.12. The molecule has 1 amide bonds. The molecule has 0 saturated heterocycles. The number of hydrogen-bond acceptors (Lipinski definition) is 2. The third-order valence-corrected chi connectivity index (χ3v) is 3.81. The number of benzene rings is 2. The third-order valence-electron chi connectivity index (χ3n) is 3.24. The Balaban J connectivity index is 1.99. The lowest BCUT2D eigenvalue weighted by Gasteiger charge is -2.08. The van der Waals surface area contributed by atoms with Crippen molar-refractivity contribution in [3.8, 4) is 0 Å². The van der Waals surface area contributed by atoms with Crippen molar-refractivity contribution in [2.75, 3.05) is 5.32 Å². The summed E-state index contributed by atoms with van der Waals surface area (Å²) in [6.07, 6.45) is 1.41. The highest BCUT2D eigenvalue weighted by molar-refractivity contribution is 6.36. The third kappa shape index (κ3) is 5.27. The highest BCUT2D eigenvalue weighted by Gasteiger charge is 2.11. The molecule has 2 rings (SSSR count). The van der Waals surface area contributed by atoms with Gasteiger partial charge in [-0.2, -0.15) is 0 Å². The molecule has 0 aromatic heterocycles. The minimum Gasteiger partial charge on any atom is -0.481 e. The second-order valence-corrected chi connectivity index (χ2v) is 5.87. The van der Waals surface area contributed by atoms with E-state index >= 15 is 0 Å². The van der Waals surface area contributed by atoms with Gasteiger partial charge in [-0.3, -0.25) is 9.59 Å². The fourth-order valence-electron chi connectivity index (χ4n) is 2.07. The molecule has 23 heavy (non-hydrogen) atoms. The van der Waals surface area contributed by atoms with Crippen molar-refractivity contribution in [1.29, 1.82) is 0 Å². The van der Waals surface area contributed by atoms with E-state index in [4.69, 9.17) is 28.3 Å². The molecule has 0 atom stereocenters. The van der Waals surface area contributed by atoms with Crippen LogP contribution in [0.3, 0.4) is 0 Å². The van der Waals surface area contributed by atoms with E-state index in [1.54, 1.807) is 24.3 Å². The number of anilines is 1. The quantitative estimate of drug-likeness (QED) is 0.795. The molecule has 0 spiro atoms. The van der Waals surface area contributed by atoms with Gasteiger partial charge in [0, 0.05) is 17.1 Å². The number of amides is 1. The molecular formula is C17H15Cl2NO3. The minimum absolute atomic E-state index is 0.145. The van der Waals surface area contributed by atoms with Crippen molar-refractivity contribution in [2.45, 2.75) is 19.3 Å². The number of aryl methyl sites for hydroxylation is 1. The summed E-state index contributed by atoms with van der Waals surface area (Å²) in [6, 6.07) is 12.0. The molecule has 0 bridgehead atoms. The molecule has 0 radical (unpaired) electrons.